The van der Waals surface area contributed by atoms with Crippen LogP contribution in [0.3, 0.4) is 0 Å². The molecule has 0 bridgehead atoms. The van der Waals surface area contributed by atoms with Gasteiger partial charge in [0.1, 0.15) is 5.75 Å². The van der Waals surface area contributed by atoms with Gasteiger partial charge in [-0.1, -0.05) is 6.92 Å². The zero-order valence-corrected chi connectivity index (χ0v) is 8.84. The molecule has 0 aliphatic heterocycles. The fourth-order valence-electron chi connectivity index (χ4n) is 0.758. The van der Waals surface area contributed by atoms with Crippen LogP contribution < -0.4 is 4.74 Å². The summed E-state index contributed by atoms with van der Waals surface area (Å²) in [6.07, 6.45) is 4.72. The van der Waals surface area contributed by atoms with E-state index in [0.29, 0.717) is 0 Å². The number of aromatic nitrogens is 1. The minimum absolute atomic E-state index is 0.253. The maximum Gasteiger partial charge on any atom is 0.136 e. The molecule has 0 radical (unpaired) electrons. The third-order valence-electron chi connectivity index (χ3n) is 1.64. The van der Waals surface area contributed by atoms with Crippen molar-refractivity contribution < 1.29 is 4.74 Å². The Bertz CT molecular complexity index is 252. The number of hydrogen-bond acceptors (Lipinski definition) is 2. The van der Waals surface area contributed by atoms with Crippen LogP contribution in [0.2, 0.25) is 0 Å². The molecule has 0 saturated heterocycles. The molecular weight excluding hydrogens is 218 g/mol. The summed E-state index contributed by atoms with van der Waals surface area (Å²) in [5, 5.41) is 0. The Hall–Kier alpha value is -0.570. The van der Waals surface area contributed by atoms with Crippen molar-refractivity contribution in [2.24, 2.45) is 0 Å². The van der Waals surface area contributed by atoms with Gasteiger partial charge in [-0.2, -0.15) is 0 Å². The molecule has 0 spiro atoms. The first-order chi connectivity index (χ1) is 5.74. The van der Waals surface area contributed by atoms with Gasteiger partial charge in [-0.3, -0.25) is 4.98 Å². The zero-order chi connectivity index (χ0) is 8.97. The Kier molecular flexibility index (Phi) is 3.53. The Morgan fingerprint density at radius 1 is 1.67 bits per heavy atom. The number of rotatable bonds is 3. The zero-order valence-electron chi connectivity index (χ0n) is 7.25. The van der Waals surface area contributed by atoms with Crippen molar-refractivity contribution in [1.29, 1.82) is 0 Å². The first-order valence-corrected chi connectivity index (χ1v) is 4.79. The lowest BCUT2D eigenvalue weighted by Crippen LogP contribution is -2.09. The molecule has 0 aromatic carbocycles. The summed E-state index contributed by atoms with van der Waals surface area (Å²) in [6, 6.07) is 1.86. The highest BCUT2D eigenvalue weighted by Gasteiger charge is 2.03. The summed E-state index contributed by atoms with van der Waals surface area (Å²) in [5.41, 5.74) is 0. The van der Waals surface area contributed by atoms with Crippen molar-refractivity contribution in [2.75, 3.05) is 0 Å². The predicted octanol–water partition coefficient (Wildman–Crippen LogP) is 3.02. The summed E-state index contributed by atoms with van der Waals surface area (Å²) in [7, 11) is 0. The second-order valence-corrected chi connectivity index (χ2v) is 3.50. The van der Waals surface area contributed by atoms with Crippen molar-refractivity contribution in [3.05, 3.63) is 22.9 Å². The van der Waals surface area contributed by atoms with Gasteiger partial charge in [0.25, 0.3) is 0 Å². The normalized spacial score (nSPS) is 12.6. The molecule has 0 N–H and O–H groups in total. The monoisotopic (exact) mass is 229 g/mol. The molecule has 0 aliphatic rings. The van der Waals surface area contributed by atoms with E-state index in [2.05, 4.69) is 27.8 Å². The van der Waals surface area contributed by atoms with Gasteiger partial charge in [0.2, 0.25) is 0 Å². The van der Waals surface area contributed by atoms with E-state index in [1.807, 2.05) is 13.0 Å². The van der Waals surface area contributed by atoms with Gasteiger partial charge in [-0.15, -0.1) is 0 Å². The molecule has 0 amide bonds. The molecule has 0 aliphatic carbocycles. The number of halogens is 1. The van der Waals surface area contributed by atoms with Crippen LogP contribution in [0.5, 0.6) is 5.75 Å². The lowest BCUT2D eigenvalue weighted by Gasteiger charge is -2.12. The summed E-state index contributed by atoms with van der Waals surface area (Å²) < 4.78 is 6.52. The van der Waals surface area contributed by atoms with E-state index in [1.54, 1.807) is 12.4 Å². The smallest absolute Gasteiger partial charge is 0.136 e. The molecule has 0 saturated carbocycles. The van der Waals surface area contributed by atoms with Gasteiger partial charge < -0.3 is 4.74 Å². The van der Waals surface area contributed by atoms with E-state index in [0.717, 1.165) is 16.6 Å². The summed E-state index contributed by atoms with van der Waals surface area (Å²) in [6.45, 7) is 4.15. The molecule has 0 fully saturated rings. The van der Waals surface area contributed by atoms with E-state index in [1.165, 1.54) is 0 Å². The van der Waals surface area contributed by atoms with E-state index in [4.69, 9.17) is 4.74 Å². The second kappa shape index (κ2) is 4.45. The molecule has 12 heavy (non-hydrogen) atoms. The van der Waals surface area contributed by atoms with Crippen LogP contribution in [0.25, 0.3) is 0 Å². The number of pyridine rings is 1. The Balaban J connectivity index is 2.69. The maximum atomic E-state index is 5.61. The van der Waals surface area contributed by atoms with E-state index >= 15 is 0 Å². The molecule has 1 aromatic heterocycles. The standard InChI is InChI=1S/C9H12BrNO/c1-3-7(2)12-9-4-5-11-6-8(9)10/h4-7H,3H2,1-2H3. The van der Waals surface area contributed by atoms with Crippen LogP contribution in [0.4, 0.5) is 0 Å². The molecular formula is C9H12BrNO. The molecule has 66 valence electrons. The van der Waals surface area contributed by atoms with Gasteiger partial charge in [-0.25, -0.2) is 0 Å². The van der Waals surface area contributed by atoms with Crippen LogP contribution in [-0.4, -0.2) is 11.1 Å². The average molecular weight is 230 g/mol. The second-order valence-electron chi connectivity index (χ2n) is 2.64. The van der Waals surface area contributed by atoms with Crippen LogP contribution >= 0.6 is 15.9 Å². The minimum atomic E-state index is 0.253. The highest BCUT2D eigenvalue weighted by atomic mass is 79.9. The number of nitrogens with zero attached hydrogens (tertiary/aromatic N) is 1. The first-order valence-electron chi connectivity index (χ1n) is 4.00. The molecule has 1 atom stereocenters. The van der Waals surface area contributed by atoms with E-state index in [9.17, 15) is 0 Å². The summed E-state index contributed by atoms with van der Waals surface area (Å²) in [5.74, 6) is 0.861. The lowest BCUT2D eigenvalue weighted by atomic mass is 10.3. The topological polar surface area (TPSA) is 22.1 Å². The third-order valence-corrected chi connectivity index (χ3v) is 2.23. The lowest BCUT2D eigenvalue weighted by molar-refractivity contribution is 0.216. The van der Waals surface area contributed by atoms with Gasteiger partial charge >= 0.3 is 0 Å². The number of hydrogen-bond donors (Lipinski definition) is 0. The molecule has 1 rings (SSSR count). The Morgan fingerprint density at radius 2 is 2.42 bits per heavy atom. The highest BCUT2D eigenvalue weighted by molar-refractivity contribution is 9.10. The van der Waals surface area contributed by atoms with Crippen molar-refractivity contribution in [3.8, 4) is 5.75 Å². The highest BCUT2D eigenvalue weighted by Crippen LogP contribution is 2.23. The Labute approximate surface area is 81.1 Å². The largest absolute Gasteiger partial charge is 0.489 e. The van der Waals surface area contributed by atoms with Crippen molar-refractivity contribution in [1.82, 2.24) is 4.98 Å². The van der Waals surface area contributed by atoms with Gasteiger partial charge in [0, 0.05) is 12.4 Å². The predicted molar refractivity (Wildman–Crippen MR) is 52.3 cm³/mol. The molecule has 1 heterocycles. The molecule has 2 nitrogen and oxygen atoms in total. The third kappa shape index (κ3) is 2.48. The van der Waals surface area contributed by atoms with Crippen LogP contribution in [-0.2, 0) is 0 Å². The molecule has 3 heteroatoms. The number of ether oxygens (including phenoxy) is 1. The summed E-state index contributed by atoms with van der Waals surface area (Å²) in [4.78, 5) is 3.95. The maximum absolute atomic E-state index is 5.61. The quantitative estimate of drug-likeness (QED) is 0.796. The Morgan fingerprint density at radius 3 is 3.00 bits per heavy atom. The van der Waals surface area contributed by atoms with Crippen LogP contribution in [0.15, 0.2) is 22.9 Å². The van der Waals surface area contributed by atoms with Crippen LogP contribution in [0, 0.1) is 0 Å². The van der Waals surface area contributed by atoms with Gasteiger partial charge in [0.05, 0.1) is 10.6 Å². The summed E-state index contributed by atoms with van der Waals surface area (Å²) >= 11 is 3.37. The van der Waals surface area contributed by atoms with Crippen LogP contribution in [0.1, 0.15) is 20.3 Å². The van der Waals surface area contributed by atoms with E-state index in [-0.39, 0.29) is 6.10 Å². The van der Waals surface area contributed by atoms with Crippen molar-refractivity contribution in [2.45, 2.75) is 26.4 Å². The van der Waals surface area contributed by atoms with Crippen molar-refractivity contribution in [3.63, 3.8) is 0 Å². The molecule has 1 unspecified atom stereocenters. The van der Waals surface area contributed by atoms with Gasteiger partial charge in [-0.05, 0) is 35.3 Å². The SMILES string of the molecule is CCC(C)Oc1ccncc1Br. The minimum Gasteiger partial charge on any atom is -0.489 e. The fraction of sp³-hybridized carbons (Fsp3) is 0.444. The van der Waals surface area contributed by atoms with Crippen molar-refractivity contribution >= 4 is 15.9 Å². The first kappa shape index (κ1) is 9.52. The van der Waals surface area contributed by atoms with Gasteiger partial charge in [0.15, 0.2) is 0 Å². The average Bonchev–Trinajstić information content (AvgIpc) is 2.09. The molecule has 1 aromatic rings. The fourth-order valence-corrected chi connectivity index (χ4v) is 1.10. The van der Waals surface area contributed by atoms with E-state index < -0.39 is 0 Å².